The number of ether oxygens (including phenoxy) is 2. The third-order valence-electron chi connectivity index (χ3n) is 2.69. The van der Waals surface area contributed by atoms with E-state index in [2.05, 4.69) is 31.9 Å². The van der Waals surface area contributed by atoms with Crippen molar-refractivity contribution in [2.75, 3.05) is 12.8 Å². The molecule has 6 heteroatoms. The molecule has 0 amide bonds. The molecule has 0 bridgehead atoms. The highest BCUT2D eigenvalue weighted by Crippen LogP contribution is 2.36. The first-order valence-electron chi connectivity index (χ1n) is 5.71. The minimum Gasteiger partial charge on any atom is -0.496 e. The van der Waals surface area contributed by atoms with Crippen molar-refractivity contribution in [3.8, 4) is 11.5 Å². The second-order valence-corrected chi connectivity index (χ2v) is 6.19. The molecule has 0 saturated carbocycles. The molecule has 2 N–H and O–H groups in total. The zero-order valence-corrected chi connectivity index (χ0v) is 14.5. The Morgan fingerprint density at radius 2 is 1.75 bits per heavy atom. The van der Waals surface area contributed by atoms with Crippen LogP contribution in [0.15, 0.2) is 39.3 Å². The van der Waals surface area contributed by atoms with Crippen molar-refractivity contribution in [2.24, 2.45) is 0 Å². The lowest BCUT2D eigenvalue weighted by Crippen LogP contribution is -2.01. The number of nitrogen functional groups attached to an aromatic ring is 1. The van der Waals surface area contributed by atoms with Gasteiger partial charge in [0.1, 0.15) is 18.1 Å². The molecule has 0 aliphatic carbocycles. The van der Waals surface area contributed by atoms with Crippen molar-refractivity contribution in [1.82, 2.24) is 0 Å². The average molecular weight is 422 g/mol. The van der Waals surface area contributed by atoms with Gasteiger partial charge in [-0.3, -0.25) is 0 Å². The largest absolute Gasteiger partial charge is 0.496 e. The molecule has 0 atom stereocenters. The van der Waals surface area contributed by atoms with E-state index >= 15 is 0 Å². The van der Waals surface area contributed by atoms with Crippen LogP contribution in [0.3, 0.4) is 0 Å². The fraction of sp³-hybridized carbons (Fsp3) is 0.143. The molecule has 0 heterocycles. The van der Waals surface area contributed by atoms with Crippen LogP contribution in [0.1, 0.15) is 5.56 Å². The molecular formula is C14H12Br2ClNO2. The highest BCUT2D eigenvalue weighted by atomic mass is 79.9. The van der Waals surface area contributed by atoms with Gasteiger partial charge in [-0.25, -0.2) is 0 Å². The Morgan fingerprint density at radius 1 is 1.10 bits per heavy atom. The standard InChI is InChI=1S/C14H12Br2ClNO2/c1-19-13-5-11(16)14(6-10(13)15)20-7-8-4-9(17)2-3-12(8)18/h2-6H,7,18H2,1H3. The van der Waals surface area contributed by atoms with Gasteiger partial charge in [-0.15, -0.1) is 0 Å². The van der Waals surface area contributed by atoms with Crippen molar-refractivity contribution in [1.29, 1.82) is 0 Å². The number of rotatable bonds is 4. The van der Waals surface area contributed by atoms with Gasteiger partial charge in [0.2, 0.25) is 0 Å². The molecular weight excluding hydrogens is 409 g/mol. The van der Waals surface area contributed by atoms with Crippen molar-refractivity contribution in [2.45, 2.75) is 6.61 Å². The zero-order valence-electron chi connectivity index (χ0n) is 10.6. The Morgan fingerprint density at radius 3 is 2.45 bits per heavy atom. The van der Waals surface area contributed by atoms with Crippen LogP contribution in [0.4, 0.5) is 5.69 Å². The van der Waals surface area contributed by atoms with E-state index in [4.69, 9.17) is 26.8 Å². The highest BCUT2D eigenvalue weighted by molar-refractivity contribution is 9.11. The Balaban J connectivity index is 2.19. The van der Waals surface area contributed by atoms with E-state index < -0.39 is 0 Å². The van der Waals surface area contributed by atoms with Crippen molar-refractivity contribution >= 4 is 49.1 Å². The molecule has 0 saturated heterocycles. The molecule has 2 rings (SSSR count). The summed E-state index contributed by atoms with van der Waals surface area (Å²) in [6, 6.07) is 8.98. The Labute approximate surface area is 139 Å². The molecule has 106 valence electrons. The summed E-state index contributed by atoms with van der Waals surface area (Å²) in [5.41, 5.74) is 7.38. The Hall–Kier alpha value is -0.910. The number of nitrogens with two attached hydrogens (primary N) is 1. The van der Waals surface area contributed by atoms with Gasteiger partial charge in [-0.1, -0.05) is 11.6 Å². The summed E-state index contributed by atoms with van der Waals surface area (Å²) >= 11 is 12.8. The number of hydrogen-bond acceptors (Lipinski definition) is 3. The van der Waals surface area contributed by atoms with Crippen LogP contribution in [0.25, 0.3) is 0 Å². The summed E-state index contributed by atoms with van der Waals surface area (Å²) < 4.78 is 12.6. The quantitative estimate of drug-likeness (QED) is 0.704. The fourth-order valence-corrected chi connectivity index (χ4v) is 2.75. The van der Waals surface area contributed by atoms with E-state index in [1.807, 2.05) is 12.1 Å². The van der Waals surface area contributed by atoms with E-state index in [0.29, 0.717) is 23.1 Å². The van der Waals surface area contributed by atoms with Crippen molar-refractivity contribution < 1.29 is 9.47 Å². The van der Waals surface area contributed by atoms with Crippen molar-refractivity contribution in [3.63, 3.8) is 0 Å². The Bertz CT molecular complexity index is 635. The highest BCUT2D eigenvalue weighted by Gasteiger charge is 2.09. The monoisotopic (exact) mass is 419 g/mol. The minimum atomic E-state index is 0.337. The summed E-state index contributed by atoms with van der Waals surface area (Å²) in [6.45, 7) is 0.337. The molecule has 3 nitrogen and oxygen atoms in total. The third kappa shape index (κ3) is 3.59. The minimum absolute atomic E-state index is 0.337. The molecule has 0 aliphatic rings. The van der Waals surface area contributed by atoms with Gasteiger partial charge in [0.05, 0.1) is 16.1 Å². The van der Waals surface area contributed by atoms with Gasteiger partial charge >= 0.3 is 0 Å². The van der Waals surface area contributed by atoms with Gasteiger partial charge in [-0.2, -0.15) is 0 Å². The molecule has 0 aliphatic heterocycles. The van der Waals surface area contributed by atoms with E-state index in [0.717, 1.165) is 20.3 Å². The van der Waals surface area contributed by atoms with E-state index in [1.165, 1.54) is 0 Å². The van der Waals surface area contributed by atoms with Crippen LogP contribution < -0.4 is 15.2 Å². The molecule has 0 unspecified atom stereocenters. The summed E-state index contributed by atoms with van der Waals surface area (Å²) in [5.74, 6) is 1.42. The lowest BCUT2D eigenvalue weighted by atomic mass is 10.2. The molecule has 0 radical (unpaired) electrons. The lowest BCUT2D eigenvalue weighted by Gasteiger charge is -2.12. The van der Waals surface area contributed by atoms with Crippen LogP contribution in [0, 0.1) is 0 Å². The first-order chi connectivity index (χ1) is 9.51. The van der Waals surface area contributed by atoms with Gasteiger partial charge in [0, 0.05) is 16.3 Å². The van der Waals surface area contributed by atoms with Crippen LogP contribution in [0.5, 0.6) is 11.5 Å². The van der Waals surface area contributed by atoms with E-state index in [9.17, 15) is 0 Å². The maximum Gasteiger partial charge on any atom is 0.135 e. The number of benzene rings is 2. The SMILES string of the molecule is COc1cc(Br)c(OCc2cc(Cl)ccc2N)cc1Br. The molecule has 0 fully saturated rings. The molecule has 2 aromatic carbocycles. The number of hydrogen-bond donors (Lipinski definition) is 1. The second kappa shape index (κ2) is 6.70. The number of anilines is 1. The van der Waals surface area contributed by atoms with Gasteiger partial charge < -0.3 is 15.2 Å². The van der Waals surface area contributed by atoms with Crippen LogP contribution in [0.2, 0.25) is 5.02 Å². The first kappa shape index (κ1) is 15.5. The summed E-state index contributed by atoms with van der Waals surface area (Å²) in [7, 11) is 1.61. The Kier molecular flexibility index (Phi) is 5.18. The maximum atomic E-state index is 5.95. The summed E-state index contributed by atoms with van der Waals surface area (Å²) in [4.78, 5) is 0. The van der Waals surface area contributed by atoms with Gasteiger partial charge in [0.25, 0.3) is 0 Å². The van der Waals surface area contributed by atoms with Crippen LogP contribution in [-0.2, 0) is 6.61 Å². The summed E-state index contributed by atoms with van der Waals surface area (Å²) in [6.07, 6.45) is 0. The van der Waals surface area contributed by atoms with Crippen molar-refractivity contribution in [3.05, 3.63) is 49.9 Å². The van der Waals surface area contributed by atoms with Gasteiger partial charge in [0.15, 0.2) is 0 Å². The second-order valence-electron chi connectivity index (χ2n) is 4.05. The van der Waals surface area contributed by atoms with Gasteiger partial charge in [-0.05, 0) is 62.2 Å². The number of halogens is 3. The predicted molar refractivity (Wildman–Crippen MR) is 88.6 cm³/mol. The molecule has 0 aromatic heterocycles. The summed E-state index contributed by atoms with van der Waals surface area (Å²) in [5, 5.41) is 0.632. The third-order valence-corrected chi connectivity index (χ3v) is 4.17. The smallest absolute Gasteiger partial charge is 0.135 e. The topological polar surface area (TPSA) is 44.5 Å². The lowest BCUT2D eigenvalue weighted by molar-refractivity contribution is 0.304. The van der Waals surface area contributed by atoms with Crippen LogP contribution >= 0.6 is 43.5 Å². The fourth-order valence-electron chi connectivity index (χ4n) is 1.63. The normalized spacial score (nSPS) is 10.4. The van der Waals surface area contributed by atoms with E-state index in [1.54, 1.807) is 25.3 Å². The van der Waals surface area contributed by atoms with Crippen LogP contribution in [-0.4, -0.2) is 7.11 Å². The van der Waals surface area contributed by atoms with E-state index in [-0.39, 0.29) is 0 Å². The molecule has 2 aromatic rings. The predicted octanol–water partition coefficient (Wildman–Crippen LogP) is 5.03. The molecule has 20 heavy (non-hydrogen) atoms. The number of methoxy groups -OCH3 is 1. The molecule has 0 spiro atoms. The maximum absolute atomic E-state index is 5.95. The zero-order chi connectivity index (χ0) is 14.7. The average Bonchev–Trinajstić information content (AvgIpc) is 2.42. The first-order valence-corrected chi connectivity index (χ1v) is 7.67.